The molecule has 4 rings (SSSR count). The molecule has 1 atom stereocenters. The SMILES string of the molecule is NS(=O)(=O)CCCSc1nnc(-c2c[nH]c3ccccc23)n1CC1CCCO1. The number of aromatic nitrogens is 4. The maximum Gasteiger partial charge on any atom is 0.209 e. The Kier molecular flexibility index (Phi) is 5.72. The van der Waals surface area contributed by atoms with E-state index < -0.39 is 10.0 Å². The quantitative estimate of drug-likeness (QED) is 0.426. The number of aromatic amines is 1. The van der Waals surface area contributed by atoms with Crippen molar-refractivity contribution < 1.29 is 13.2 Å². The normalized spacial score (nSPS) is 17.5. The van der Waals surface area contributed by atoms with Gasteiger partial charge in [-0.3, -0.25) is 4.57 Å². The molecule has 1 fully saturated rings. The highest BCUT2D eigenvalue weighted by Crippen LogP contribution is 2.31. The molecule has 3 heterocycles. The Balaban J connectivity index is 1.61. The zero-order valence-corrected chi connectivity index (χ0v) is 17.0. The summed E-state index contributed by atoms with van der Waals surface area (Å²) >= 11 is 1.50. The number of hydrogen-bond acceptors (Lipinski definition) is 6. The van der Waals surface area contributed by atoms with Gasteiger partial charge in [0.05, 0.1) is 18.4 Å². The average Bonchev–Trinajstić information content (AvgIpc) is 3.38. The van der Waals surface area contributed by atoms with E-state index in [1.54, 1.807) is 0 Å². The first kappa shape index (κ1) is 19.4. The lowest BCUT2D eigenvalue weighted by Crippen LogP contribution is -2.17. The van der Waals surface area contributed by atoms with E-state index >= 15 is 0 Å². The predicted octanol–water partition coefficient (Wildman–Crippen LogP) is 2.38. The van der Waals surface area contributed by atoms with E-state index in [9.17, 15) is 8.42 Å². The summed E-state index contributed by atoms with van der Waals surface area (Å²) in [6, 6.07) is 8.09. The molecule has 3 N–H and O–H groups in total. The summed E-state index contributed by atoms with van der Waals surface area (Å²) < 4.78 is 30.2. The highest BCUT2D eigenvalue weighted by Gasteiger charge is 2.23. The maximum absolute atomic E-state index is 11.1. The van der Waals surface area contributed by atoms with Gasteiger partial charge in [0.1, 0.15) is 0 Å². The van der Waals surface area contributed by atoms with Crippen LogP contribution < -0.4 is 5.14 Å². The second kappa shape index (κ2) is 8.24. The summed E-state index contributed by atoms with van der Waals surface area (Å²) in [5, 5.41) is 15.8. The molecule has 150 valence electrons. The summed E-state index contributed by atoms with van der Waals surface area (Å²) in [5.41, 5.74) is 2.05. The molecule has 28 heavy (non-hydrogen) atoms. The third-order valence-electron chi connectivity index (χ3n) is 4.76. The van der Waals surface area contributed by atoms with Crippen LogP contribution >= 0.6 is 11.8 Å². The number of nitrogens with one attached hydrogen (secondary N) is 1. The van der Waals surface area contributed by atoms with E-state index in [1.165, 1.54) is 11.8 Å². The van der Waals surface area contributed by atoms with Crippen LogP contribution in [0.5, 0.6) is 0 Å². The molecule has 0 spiro atoms. The lowest BCUT2D eigenvalue weighted by Gasteiger charge is -2.14. The van der Waals surface area contributed by atoms with Gasteiger partial charge in [-0.2, -0.15) is 0 Å². The Labute approximate surface area is 167 Å². The fourth-order valence-corrected chi connectivity index (χ4v) is 5.05. The number of nitrogens with two attached hydrogens (primary N) is 1. The van der Waals surface area contributed by atoms with Gasteiger partial charge in [0.25, 0.3) is 0 Å². The van der Waals surface area contributed by atoms with Crippen LogP contribution in [-0.4, -0.2) is 52.4 Å². The number of H-pyrrole nitrogens is 1. The zero-order chi connectivity index (χ0) is 19.6. The first-order valence-electron chi connectivity index (χ1n) is 9.26. The maximum atomic E-state index is 11.1. The fourth-order valence-electron chi connectivity index (χ4n) is 3.43. The topological polar surface area (TPSA) is 116 Å². The lowest BCUT2D eigenvalue weighted by atomic mass is 10.1. The number of thioether (sulfide) groups is 1. The summed E-state index contributed by atoms with van der Waals surface area (Å²) in [7, 11) is -3.44. The summed E-state index contributed by atoms with van der Waals surface area (Å²) in [4.78, 5) is 3.29. The van der Waals surface area contributed by atoms with E-state index in [0.29, 0.717) is 18.7 Å². The summed E-state index contributed by atoms with van der Waals surface area (Å²) in [6.07, 6.45) is 4.64. The average molecular weight is 422 g/mol. The molecule has 0 radical (unpaired) electrons. The Hall–Kier alpha value is -1.88. The summed E-state index contributed by atoms with van der Waals surface area (Å²) in [6.45, 7) is 1.46. The molecule has 0 bridgehead atoms. The van der Waals surface area contributed by atoms with Crippen LogP contribution in [0.15, 0.2) is 35.6 Å². The number of nitrogens with zero attached hydrogens (tertiary/aromatic N) is 3. The Morgan fingerprint density at radius 3 is 2.96 bits per heavy atom. The molecule has 2 aromatic heterocycles. The molecule has 3 aromatic rings. The van der Waals surface area contributed by atoms with Crippen LogP contribution in [0.4, 0.5) is 0 Å². The van der Waals surface area contributed by atoms with E-state index in [0.717, 1.165) is 46.9 Å². The number of sulfonamides is 1. The van der Waals surface area contributed by atoms with Gasteiger partial charge < -0.3 is 9.72 Å². The van der Waals surface area contributed by atoms with Gasteiger partial charge in [0, 0.05) is 35.0 Å². The van der Waals surface area contributed by atoms with Crippen LogP contribution in [0.25, 0.3) is 22.3 Å². The Bertz CT molecular complexity index is 1050. The van der Waals surface area contributed by atoms with E-state index in [2.05, 4.69) is 25.8 Å². The lowest BCUT2D eigenvalue weighted by molar-refractivity contribution is 0.0953. The van der Waals surface area contributed by atoms with Crippen molar-refractivity contribution in [3.8, 4) is 11.4 Å². The second-order valence-corrected chi connectivity index (χ2v) is 9.66. The number of ether oxygens (including phenoxy) is 1. The molecule has 10 heteroatoms. The standard InChI is InChI=1S/C18H23N5O3S2/c19-28(24,25)10-4-9-27-18-22-21-17(23(18)12-13-5-3-8-26-13)15-11-20-16-7-2-1-6-14(15)16/h1-2,6-7,11,13,20H,3-5,8-10,12H2,(H2,19,24,25). The molecular formula is C18H23N5O3S2. The second-order valence-electron chi connectivity index (χ2n) is 6.87. The van der Waals surface area contributed by atoms with Crippen molar-refractivity contribution in [2.24, 2.45) is 5.14 Å². The van der Waals surface area contributed by atoms with Crippen LogP contribution in [0.1, 0.15) is 19.3 Å². The van der Waals surface area contributed by atoms with Crippen LogP contribution in [0, 0.1) is 0 Å². The zero-order valence-electron chi connectivity index (χ0n) is 15.4. The van der Waals surface area contributed by atoms with Crippen LogP contribution in [0.2, 0.25) is 0 Å². The van der Waals surface area contributed by atoms with Gasteiger partial charge in [-0.1, -0.05) is 30.0 Å². The van der Waals surface area contributed by atoms with Crippen molar-refractivity contribution in [2.75, 3.05) is 18.1 Å². The molecule has 0 aliphatic carbocycles. The third-order valence-corrected chi connectivity index (χ3v) is 6.67. The molecule has 1 unspecified atom stereocenters. The number of para-hydroxylation sites is 1. The third kappa shape index (κ3) is 4.40. The van der Waals surface area contributed by atoms with Gasteiger partial charge in [-0.05, 0) is 25.3 Å². The van der Waals surface area contributed by atoms with Crippen LogP contribution in [-0.2, 0) is 21.3 Å². The first-order valence-corrected chi connectivity index (χ1v) is 12.0. The van der Waals surface area contributed by atoms with Gasteiger partial charge in [-0.25, -0.2) is 13.6 Å². The van der Waals surface area contributed by atoms with E-state index in [4.69, 9.17) is 9.88 Å². The molecule has 1 saturated heterocycles. The number of hydrogen-bond donors (Lipinski definition) is 2. The van der Waals surface area contributed by atoms with Gasteiger partial charge in [-0.15, -0.1) is 10.2 Å². The predicted molar refractivity (Wildman–Crippen MR) is 110 cm³/mol. The fraction of sp³-hybridized carbons (Fsp3) is 0.444. The number of benzene rings is 1. The number of primary sulfonamides is 1. The number of fused-ring (bicyclic) bond motifs is 1. The largest absolute Gasteiger partial charge is 0.376 e. The summed E-state index contributed by atoms with van der Waals surface area (Å²) in [5.74, 6) is 1.37. The molecular weight excluding hydrogens is 398 g/mol. The monoisotopic (exact) mass is 421 g/mol. The van der Waals surface area contributed by atoms with Crippen molar-refractivity contribution in [2.45, 2.75) is 37.1 Å². The van der Waals surface area contributed by atoms with E-state index in [1.807, 2.05) is 24.4 Å². The smallest absolute Gasteiger partial charge is 0.209 e. The van der Waals surface area contributed by atoms with Gasteiger partial charge in [0.15, 0.2) is 11.0 Å². The molecule has 1 aromatic carbocycles. The van der Waals surface area contributed by atoms with Crippen molar-refractivity contribution in [1.82, 2.24) is 19.7 Å². The molecule has 0 amide bonds. The molecule has 0 saturated carbocycles. The highest BCUT2D eigenvalue weighted by molar-refractivity contribution is 7.99. The van der Waals surface area contributed by atoms with E-state index in [-0.39, 0.29) is 11.9 Å². The number of rotatable bonds is 8. The molecule has 8 nitrogen and oxygen atoms in total. The van der Waals surface area contributed by atoms with Crippen molar-refractivity contribution in [3.63, 3.8) is 0 Å². The van der Waals surface area contributed by atoms with Gasteiger partial charge in [0.2, 0.25) is 10.0 Å². The minimum absolute atomic E-state index is 0.0326. The van der Waals surface area contributed by atoms with Crippen molar-refractivity contribution >= 4 is 32.7 Å². The minimum Gasteiger partial charge on any atom is -0.376 e. The molecule has 1 aliphatic heterocycles. The minimum atomic E-state index is -3.44. The first-order chi connectivity index (χ1) is 13.5. The molecule has 1 aliphatic rings. The van der Waals surface area contributed by atoms with Crippen LogP contribution in [0.3, 0.4) is 0 Å². The highest BCUT2D eigenvalue weighted by atomic mass is 32.2. The Morgan fingerprint density at radius 2 is 2.18 bits per heavy atom. The van der Waals surface area contributed by atoms with Gasteiger partial charge >= 0.3 is 0 Å². The van der Waals surface area contributed by atoms with Crippen molar-refractivity contribution in [1.29, 1.82) is 0 Å². The van der Waals surface area contributed by atoms with Crippen molar-refractivity contribution in [3.05, 3.63) is 30.5 Å². The Morgan fingerprint density at radius 1 is 1.32 bits per heavy atom.